The number of aromatic nitrogens is 2. The number of hydrogen-bond acceptors (Lipinski definition) is 6. The lowest BCUT2D eigenvalue weighted by Gasteiger charge is -2.38. The first-order chi connectivity index (χ1) is 16.4. The summed E-state index contributed by atoms with van der Waals surface area (Å²) in [5.41, 5.74) is 1.24. The van der Waals surface area contributed by atoms with Crippen LogP contribution >= 0.6 is 0 Å². The van der Waals surface area contributed by atoms with Crippen LogP contribution in [-0.4, -0.2) is 57.6 Å². The third kappa shape index (κ3) is 6.23. The van der Waals surface area contributed by atoms with E-state index in [9.17, 15) is 18.4 Å². The quantitative estimate of drug-likeness (QED) is 0.648. The number of amides is 2. The lowest BCUT2D eigenvalue weighted by atomic mass is 10.0. The normalized spacial score (nSPS) is 19.7. The van der Waals surface area contributed by atoms with Crippen LogP contribution in [0.15, 0.2) is 30.6 Å². The van der Waals surface area contributed by atoms with Crippen LogP contribution in [0.5, 0.6) is 5.75 Å². The first-order valence-corrected chi connectivity index (χ1v) is 11.7. The number of benzene rings is 1. The average molecular weight is 489 g/mol. The zero-order valence-electron chi connectivity index (χ0n) is 20.3. The molecule has 0 radical (unpaired) electrons. The van der Waals surface area contributed by atoms with E-state index in [1.54, 1.807) is 52.0 Å². The number of nitrogens with one attached hydrogen (secondary N) is 1. The summed E-state index contributed by atoms with van der Waals surface area (Å²) in [6.45, 7) is 6.19. The Morgan fingerprint density at radius 1 is 1.14 bits per heavy atom. The van der Waals surface area contributed by atoms with E-state index in [2.05, 4.69) is 15.3 Å². The Kier molecular flexibility index (Phi) is 6.66. The van der Waals surface area contributed by atoms with Crippen molar-refractivity contribution in [3.63, 3.8) is 0 Å². The molecule has 2 fully saturated rings. The van der Waals surface area contributed by atoms with Gasteiger partial charge in [0.1, 0.15) is 23.5 Å². The van der Waals surface area contributed by atoms with E-state index < -0.39 is 30.3 Å². The number of alkyl halides is 2. The maximum atomic E-state index is 14.9. The molecule has 0 unspecified atom stereocenters. The molecule has 2 heterocycles. The number of hydrogen-bond donors (Lipinski definition) is 1. The van der Waals surface area contributed by atoms with Gasteiger partial charge in [-0.15, -0.1) is 0 Å². The van der Waals surface area contributed by atoms with Gasteiger partial charge in [0.2, 0.25) is 5.91 Å². The number of piperidine rings is 1. The van der Waals surface area contributed by atoms with Gasteiger partial charge in [-0.3, -0.25) is 4.79 Å². The Morgan fingerprint density at radius 3 is 2.51 bits per heavy atom. The Hall–Kier alpha value is -3.30. The molecule has 1 N–H and O–H groups in total. The van der Waals surface area contributed by atoms with E-state index in [0.29, 0.717) is 22.8 Å². The average Bonchev–Trinajstić information content (AvgIpc) is 3.60. The molecule has 1 aliphatic heterocycles. The van der Waals surface area contributed by atoms with Gasteiger partial charge in [-0.2, -0.15) is 0 Å². The van der Waals surface area contributed by atoms with Crippen molar-refractivity contribution in [2.24, 2.45) is 5.92 Å². The van der Waals surface area contributed by atoms with Crippen LogP contribution < -0.4 is 10.1 Å². The predicted octanol–water partition coefficient (Wildman–Crippen LogP) is 4.82. The maximum absolute atomic E-state index is 14.9. The number of carbonyl (C=O) groups is 2. The van der Waals surface area contributed by atoms with Crippen LogP contribution in [-0.2, 0) is 9.53 Å². The van der Waals surface area contributed by atoms with Crippen LogP contribution in [0, 0.1) is 12.8 Å². The lowest BCUT2D eigenvalue weighted by Crippen LogP contribution is -2.56. The van der Waals surface area contributed by atoms with Gasteiger partial charge in [-0.25, -0.2) is 23.5 Å². The number of anilines is 1. The summed E-state index contributed by atoms with van der Waals surface area (Å²) < 4.78 is 40.6. The SMILES string of the molecule is Cc1cc(-c2cc(NC(=O)C3CC3)ncn2)ccc1O[C@H]1CCN(C(=O)OC(C)(C)C)CC1(F)F. The summed E-state index contributed by atoms with van der Waals surface area (Å²) in [6, 6.07) is 6.82. The number of rotatable bonds is 5. The largest absolute Gasteiger partial charge is 0.484 e. The molecule has 10 heteroatoms. The van der Waals surface area contributed by atoms with Gasteiger partial charge in [0, 0.05) is 30.5 Å². The minimum absolute atomic E-state index is 0.0244. The minimum Gasteiger partial charge on any atom is -0.484 e. The summed E-state index contributed by atoms with van der Waals surface area (Å²) >= 11 is 0. The van der Waals surface area contributed by atoms with E-state index in [-0.39, 0.29) is 24.8 Å². The third-order valence-electron chi connectivity index (χ3n) is 5.79. The molecule has 188 valence electrons. The van der Waals surface area contributed by atoms with Crippen molar-refractivity contribution >= 4 is 17.8 Å². The van der Waals surface area contributed by atoms with E-state index in [1.165, 1.54) is 6.33 Å². The first-order valence-electron chi connectivity index (χ1n) is 11.7. The topological polar surface area (TPSA) is 93.6 Å². The van der Waals surface area contributed by atoms with Crippen LogP contribution in [0.3, 0.4) is 0 Å². The molecule has 2 aromatic rings. The number of likely N-dealkylation sites (tertiary alicyclic amines) is 1. The van der Waals surface area contributed by atoms with Crippen LogP contribution in [0.2, 0.25) is 0 Å². The molecule has 8 nitrogen and oxygen atoms in total. The number of ether oxygens (including phenoxy) is 2. The monoisotopic (exact) mass is 488 g/mol. The zero-order valence-corrected chi connectivity index (χ0v) is 20.3. The Labute approximate surface area is 203 Å². The van der Waals surface area contributed by atoms with E-state index >= 15 is 0 Å². The Morgan fingerprint density at radius 2 is 1.89 bits per heavy atom. The summed E-state index contributed by atoms with van der Waals surface area (Å²) in [5, 5.41) is 2.79. The molecule has 0 bridgehead atoms. The Balaban J connectivity index is 1.42. The fourth-order valence-electron chi connectivity index (χ4n) is 3.80. The van der Waals surface area contributed by atoms with Crippen molar-refractivity contribution in [1.82, 2.24) is 14.9 Å². The molecular weight excluding hydrogens is 458 g/mol. The fraction of sp³-hybridized carbons (Fsp3) is 0.520. The van der Waals surface area contributed by atoms with E-state index in [4.69, 9.17) is 9.47 Å². The highest BCUT2D eigenvalue weighted by Crippen LogP contribution is 2.34. The van der Waals surface area contributed by atoms with Gasteiger partial charge >= 0.3 is 12.0 Å². The molecule has 1 saturated heterocycles. The molecule has 1 saturated carbocycles. The third-order valence-corrected chi connectivity index (χ3v) is 5.79. The molecular formula is C25H30F2N4O4. The van der Waals surface area contributed by atoms with E-state index in [1.807, 2.05) is 0 Å². The highest BCUT2D eigenvalue weighted by atomic mass is 19.3. The van der Waals surface area contributed by atoms with Crippen molar-refractivity contribution < 1.29 is 27.8 Å². The number of aryl methyl sites for hydroxylation is 1. The molecule has 1 aromatic heterocycles. The van der Waals surface area contributed by atoms with Gasteiger partial charge in [0.05, 0.1) is 12.2 Å². The summed E-state index contributed by atoms with van der Waals surface area (Å²) in [6.07, 6.45) is 1.01. The second-order valence-corrected chi connectivity index (χ2v) is 10.1. The number of carbonyl (C=O) groups excluding carboxylic acids is 2. The molecule has 4 rings (SSSR count). The predicted molar refractivity (Wildman–Crippen MR) is 125 cm³/mol. The summed E-state index contributed by atoms with van der Waals surface area (Å²) in [5.74, 6) is -2.47. The highest BCUT2D eigenvalue weighted by Gasteiger charge is 2.48. The molecule has 1 atom stereocenters. The minimum atomic E-state index is -3.23. The van der Waals surface area contributed by atoms with Gasteiger partial charge in [-0.1, -0.05) is 0 Å². The summed E-state index contributed by atoms with van der Waals surface area (Å²) in [7, 11) is 0. The fourth-order valence-corrected chi connectivity index (χ4v) is 3.80. The molecule has 2 aliphatic rings. The van der Waals surface area contributed by atoms with Gasteiger partial charge in [0.15, 0.2) is 6.10 Å². The number of halogens is 2. The van der Waals surface area contributed by atoms with Crippen molar-refractivity contribution in [1.29, 1.82) is 0 Å². The van der Waals surface area contributed by atoms with Crippen molar-refractivity contribution in [2.45, 2.75) is 64.6 Å². The van der Waals surface area contributed by atoms with Crippen molar-refractivity contribution in [2.75, 3.05) is 18.4 Å². The first kappa shape index (κ1) is 24.8. The second-order valence-electron chi connectivity index (χ2n) is 10.1. The highest BCUT2D eigenvalue weighted by molar-refractivity contribution is 5.93. The molecule has 1 aliphatic carbocycles. The van der Waals surface area contributed by atoms with Gasteiger partial charge in [0.25, 0.3) is 0 Å². The van der Waals surface area contributed by atoms with Gasteiger partial charge < -0.3 is 19.7 Å². The standard InChI is InChI=1S/C25H30F2N4O4/c1-15-11-17(18-12-21(29-14-28-18)30-22(32)16-5-6-16)7-8-19(15)34-20-9-10-31(13-25(20,26)27)23(33)35-24(2,3)4/h7-8,11-12,14,16,20H,5-6,9-10,13H2,1-4H3,(H,28,29,30,32)/t20-/m0/s1. The molecule has 2 amide bonds. The summed E-state index contributed by atoms with van der Waals surface area (Å²) in [4.78, 5) is 33.6. The lowest BCUT2D eigenvalue weighted by molar-refractivity contribution is -0.137. The molecule has 0 spiro atoms. The smallest absolute Gasteiger partial charge is 0.410 e. The van der Waals surface area contributed by atoms with Crippen molar-refractivity contribution in [3.05, 3.63) is 36.2 Å². The number of nitrogens with zero attached hydrogens (tertiary/aromatic N) is 3. The van der Waals surface area contributed by atoms with E-state index in [0.717, 1.165) is 23.3 Å². The van der Waals surface area contributed by atoms with Crippen LogP contribution in [0.4, 0.5) is 19.4 Å². The zero-order chi connectivity index (χ0) is 25.4. The second kappa shape index (κ2) is 9.39. The Bertz CT molecular complexity index is 1110. The maximum Gasteiger partial charge on any atom is 0.410 e. The van der Waals surface area contributed by atoms with Crippen LogP contribution in [0.1, 0.15) is 45.6 Å². The van der Waals surface area contributed by atoms with Crippen molar-refractivity contribution in [3.8, 4) is 17.0 Å². The molecule has 35 heavy (non-hydrogen) atoms. The van der Waals surface area contributed by atoms with Crippen LogP contribution in [0.25, 0.3) is 11.3 Å². The van der Waals surface area contributed by atoms with Gasteiger partial charge in [-0.05, 0) is 64.3 Å². The molecule has 1 aromatic carbocycles.